The average molecular weight is 372 g/mol. The number of Topliss-reactive ketones (excluding diaryl/α,β-unsaturated/α-hetero) is 1. The number of hydrogen-bond acceptors (Lipinski definition) is 6. The second-order valence-corrected chi connectivity index (χ2v) is 11.5. The summed E-state index contributed by atoms with van der Waals surface area (Å²) in [6.07, 6.45) is 2.24. The molecule has 0 saturated carbocycles. The van der Waals surface area contributed by atoms with Gasteiger partial charge in [0, 0.05) is 18.2 Å². The number of nitrogens with zero attached hydrogens (tertiary/aromatic N) is 1. The maximum absolute atomic E-state index is 12.1. The van der Waals surface area contributed by atoms with Gasteiger partial charge in [-0.25, -0.2) is 4.79 Å². The molecule has 0 aliphatic carbocycles. The van der Waals surface area contributed by atoms with E-state index in [2.05, 4.69) is 24.6 Å². The molecule has 0 spiro atoms. The molecule has 3 N–H and O–H groups in total. The Labute approximate surface area is 145 Å². The maximum atomic E-state index is 12.1. The molecule has 2 rings (SSSR count). The Morgan fingerprint density at radius 1 is 1.36 bits per heavy atom. The van der Waals surface area contributed by atoms with Crippen molar-refractivity contribution in [3.63, 3.8) is 0 Å². The van der Waals surface area contributed by atoms with Crippen LogP contribution in [0.4, 0.5) is 0 Å². The van der Waals surface area contributed by atoms with Gasteiger partial charge in [0.2, 0.25) is 0 Å². The van der Waals surface area contributed by atoms with Crippen molar-refractivity contribution in [3.05, 3.63) is 32.6 Å². The molecule has 1 aliphatic heterocycles. The van der Waals surface area contributed by atoms with Crippen molar-refractivity contribution in [2.24, 2.45) is 0 Å². The number of H-pyrrole nitrogens is 1. The number of aromatic nitrogens is 2. The smallest absolute Gasteiger partial charge is 0.330 e. The Hall–Kier alpha value is -1.47. The van der Waals surface area contributed by atoms with E-state index in [1.54, 1.807) is 0 Å². The van der Waals surface area contributed by atoms with Crippen molar-refractivity contribution < 1.29 is 19.7 Å². The normalized spacial score (nSPS) is 26.8. The summed E-state index contributed by atoms with van der Waals surface area (Å²) < 4.78 is 6.72. The maximum Gasteiger partial charge on any atom is 0.330 e. The molecular weight excluding hydrogens is 347 g/mol. The molecule has 2 heterocycles. The highest BCUT2D eigenvalue weighted by Gasteiger charge is 2.44. The van der Waals surface area contributed by atoms with Gasteiger partial charge in [-0.3, -0.25) is 19.1 Å². The van der Waals surface area contributed by atoms with E-state index in [0.717, 1.165) is 10.7 Å². The van der Waals surface area contributed by atoms with E-state index in [9.17, 15) is 24.6 Å². The van der Waals surface area contributed by atoms with Crippen molar-refractivity contribution >= 4 is 19.0 Å². The predicted molar refractivity (Wildman–Crippen MR) is 97.0 cm³/mol. The van der Waals surface area contributed by atoms with Crippen LogP contribution in [0.1, 0.15) is 25.1 Å². The lowest BCUT2D eigenvalue weighted by atomic mass is 10.1. The van der Waals surface area contributed by atoms with Crippen LogP contribution in [0.15, 0.2) is 15.8 Å². The first-order chi connectivity index (χ1) is 11.5. The van der Waals surface area contributed by atoms with Gasteiger partial charge in [0.25, 0.3) is 5.56 Å². The summed E-state index contributed by atoms with van der Waals surface area (Å²) in [6, 6.07) is 0. The predicted octanol–water partition coefficient (Wildman–Crippen LogP) is -0.613. The molecule has 4 atom stereocenters. The first-order valence-corrected chi connectivity index (χ1v) is 11.1. The summed E-state index contributed by atoms with van der Waals surface area (Å²) in [7, 11) is 0. The zero-order valence-corrected chi connectivity index (χ0v) is 15.5. The third-order valence-electron chi connectivity index (χ3n) is 4.11. The summed E-state index contributed by atoms with van der Waals surface area (Å²) in [6.45, 7) is 4.13. The monoisotopic (exact) mass is 372 g/mol. The molecule has 1 aromatic rings. The standard InChI is InChI=1S/C16H25N2O6P/c1-9(19)7-10-8-18(16(23)17-14(10)22)15-13(21)12(20)11(24-15)5-6-25(2,3)4/h8,11-13,15,20-21H,2,5-7H2,1,3-4H3,(H,17,22,23)/t11-,12-,13?,15-/m1/s1. The fraction of sp³-hybridized carbons (Fsp3) is 0.625. The Morgan fingerprint density at radius 3 is 2.56 bits per heavy atom. The zero-order valence-electron chi connectivity index (χ0n) is 14.6. The lowest BCUT2D eigenvalue weighted by Gasteiger charge is -2.19. The van der Waals surface area contributed by atoms with Crippen molar-refractivity contribution in [2.45, 2.75) is 44.3 Å². The summed E-state index contributed by atoms with van der Waals surface area (Å²) in [4.78, 5) is 37.3. The second-order valence-electron chi connectivity index (χ2n) is 7.19. The molecule has 25 heavy (non-hydrogen) atoms. The van der Waals surface area contributed by atoms with E-state index in [1.807, 2.05) is 0 Å². The zero-order chi connectivity index (χ0) is 18.9. The Balaban J connectivity index is 2.29. The Bertz CT molecular complexity index is 808. The van der Waals surface area contributed by atoms with Crippen LogP contribution in [0.5, 0.6) is 0 Å². The summed E-state index contributed by atoms with van der Waals surface area (Å²) >= 11 is 0. The minimum absolute atomic E-state index is 0.102. The third kappa shape index (κ3) is 4.79. The Morgan fingerprint density at radius 2 is 2.00 bits per heavy atom. The number of carbonyl (C=O) groups is 1. The minimum Gasteiger partial charge on any atom is -0.388 e. The first kappa shape index (κ1) is 19.8. The van der Waals surface area contributed by atoms with E-state index in [0.29, 0.717) is 6.42 Å². The molecule has 1 fully saturated rings. The molecule has 0 aromatic carbocycles. The molecular formula is C16H25N2O6P. The number of nitrogens with one attached hydrogen (secondary N) is 1. The first-order valence-electron chi connectivity index (χ1n) is 8.02. The molecule has 8 nitrogen and oxygen atoms in total. The van der Waals surface area contributed by atoms with Gasteiger partial charge in [-0.1, -0.05) is 0 Å². The number of ketones is 1. The SMILES string of the molecule is C=P(C)(C)CC[C@H]1O[C@@H](n2cc(CC(C)=O)c(=O)[nH]c2=O)C(O)[C@@H]1O. The van der Waals surface area contributed by atoms with E-state index < -0.39 is 42.7 Å². The lowest BCUT2D eigenvalue weighted by Crippen LogP contribution is -2.39. The van der Waals surface area contributed by atoms with E-state index in [-0.39, 0.29) is 17.8 Å². The highest BCUT2D eigenvalue weighted by Crippen LogP contribution is 2.39. The van der Waals surface area contributed by atoms with Gasteiger partial charge in [0.15, 0.2) is 6.23 Å². The number of rotatable bonds is 6. The van der Waals surface area contributed by atoms with Crippen LogP contribution < -0.4 is 11.2 Å². The number of hydrogen-bond donors (Lipinski definition) is 3. The minimum atomic E-state index is -1.32. The summed E-state index contributed by atoms with van der Waals surface area (Å²) in [5.41, 5.74) is -1.31. The number of aliphatic hydroxyl groups excluding tert-OH is 2. The molecule has 0 radical (unpaired) electrons. The molecule has 0 bridgehead atoms. The molecule has 140 valence electrons. The fourth-order valence-electron chi connectivity index (χ4n) is 2.78. The van der Waals surface area contributed by atoms with Gasteiger partial charge < -0.3 is 14.9 Å². The van der Waals surface area contributed by atoms with Crippen molar-refractivity contribution in [1.82, 2.24) is 9.55 Å². The van der Waals surface area contributed by atoms with Crippen LogP contribution in [0.25, 0.3) is 0 Å². The van der Waals surface area contributed by atoms with Crippen LogP contribution >= 0.6 is 6.89 Å². The molecule has 0 amide bonds. The number of aromatic amines is 1. The number of ether oxygens (including phenoxy) is 1. The van der Waals surface area contributed by atoms with E-state index in [1.165, 1.54) is 13.1 Å². The van der Waals surface area contributed by atoms with Gasteiger partial charge in [0.05, 0.1) is 6.10 Å². The van der Waals surface area contributed by atoms with E-state index in [4.69, 9.17) is 4.74 Å². The van der Waals surface area contributed by atoms with Crippen molar-refractivity contribution in [3.8, 4) is 0 Å². The van der Waals surface area contributed by atoms with Gasteiger partial charge in [-0.15, -0.1) is 13.2 Å². The van der Waals surface area contributed by atoms with Crippen LogP contribution in [-0.4, -0.2) is 69.7 Å². The number of aliphatic hydroxyl groups is 2. The van der Waals surface area contributed by atoms with Crippen LogP contribution in [0, 0.1) is 0 Å². The average Bonchev–Trinajstić information content (AvgIpc) is 2.75. The highest BCUT2D eigenvalue weighted by atomic mass is 31.2. The van der Waals surface area contributed by atoms with Crippen molar-refractivity contribution in [2.75, 3.05) is 19.5 Å². The largest absolute Gasteiger partial charge is 0.388 e. The highest BCUT2D eigenvalue weighted by molar-refractivity contribution is 7.72. The molecule has 1 saturated heterocycles. The summed E-state index contributed by atoms with van der Waals surface area (Å²) in [5.74, 6) is -0.233. The summed E-state index contributed by atoms with van der Waals surface area (Å²) in [5, 5.41) is 20.5. The van der Waals surface area contributed by atoms with Gasteiger partial charge >= 0.3 is 5.69 Å². The van der Waals surface area contributed by atoms with E-state index >= 15 is 0 Å². The number of carbonyl (C=O) groups excluding carboxylic acids is 1. The van der Waals surface area contributed by atoms with Crippen LogP contribution in [-0.2, 0) is 16.0 Å². The molecule has 1 aromatic heterocycles. The van der Waals surface area contributed by atoms with Crippen molar-refractivity contribution in [1.29, 1.82) is 0 Å². The fourth-order valence-corrected chi connectivity index (χ4v) is 3.74. The van der Waals surface area contributed by atoms with Crippen LogP contribution in [0.3, 0.4) is 0 Å². The third-order valence-corrected chi connectivity index (χ3v) is 5.58. The van der Waals surface area contributed by atoms with Crippen LogP contribution in [0.2, 0.25) is 0 Å². The molecule has 1 unspecified atom stereocenters. The van der Waals surface area contributed by atoms with Gasteiger partial charge in [-0.2, -0.15) is 0 Å². The topological polar surface area (TPSA) is 122 Å². The van der Waals surface area contributed by atoms with Gasteiger partial charge in [0.1, 0.15) is 18.0 Å². The molecule has 9 heteroatoms. The molecule has 1 aliphatic rings. The lowest BCUT2D eigenvalue weighted by molar-refractivity contribution is -0.116. The van der Waals surface area contributed by atoms with Gasteiger partial charge in [-0.05, 0) is 32.8 Å². The Kier molecular flexibility index (Phi) is 5.89. The second kappa shape index (κ2) is 7.41. The quantitative estimate of drug-likeness (QED) is 0.573.